The quantitative estimate of drug-likeness (QED) is 0.761. The van der Waals surface area contributed by atoms with Gasteiger partial charge in [-0.05, 0) is 45.6 Å². The van der Waals surface area contributed by atoms with Gasteiger partial charge in [0, 0.05) is 18.5 Å². The molecular formula is C14H24N2O2. The van der Waals surface area contributed by atoms with Gasteiger partial charge >= 0.3 is 0 Å². The summed E-state index contributed by atoms with van der Waals surface area (Å²) < 4.78 is 5.78. The highest BCUT2D eigenvalue weighted by molar-refractivity contribution is 5.79. The van der Waals surface area contributed by atoms with E-state index in [9.17, 15) is 4.79 Å². The predicted octanol–water partition coefficient (Wildman–Crippen LogP) is 1.15. The molecule has 102 valence electrons. The van der Waals surface area contributed by atoms with Crippen LogP contribution in [0.5, 0.6) is 0 Å². The standard InChI is InChI=1S/C14H24N2O2/c1-10-9-11(5-6-15-10)14(17)16-7-8-18-13-4-2-3-12(13)16/h10-13,15H,2-9H2,1H3/t10-,11-,12?,13?/m0/s1. The van der Waals surface area contributed by atoms with Crippen molar-refractivity contribution >= 4 is 5.91 Å². The van der Waals surface area contributed by atoms with Crippen LogP contribution in [0.2, 0.25) is 0 Å². The summed E-state index contributed by atoms with van der Waals surface area (Å²) in [6.07, 6.45) is 5.79. The van der Waals surface area contributed by atoms with Crippen LogP contribution in [0.3, 0.4) is 0 Å². The number of amides is 1. The summed E-state index contributed by atoms with van der Waals surface area (Å²) in [5.41, 5.74) is 0. The minimum absolute atomic E-state index is 0.237. The number of rotatable bonds is 1. The van der Waals surface area contributed by atoms with Gasteiger partial charge in [-0.1, -0.05) is 0 Å². The normalized spacial score (nSPS) is 40.6. The first kappa shape index (κ1) is 12.4. The molecule has 0 radical (unpaired) electrons. The average molecular weight is 252 g/mol. The lowest BCUT2D eigenvalue weighted by Gasteiger charge is -2.40. The molecule has 3 fully saturated rings. The minimum Gasteiger partial charge on any atom is -0.374 e. The molecular weight excluding hydrogens is 228 g/mol. The van der Waals surface area contributed by atoms with E-state index >= 15 is 0 Å². The number of nitrogens with one attached hydrogen (secondary N) is 1. The van der Waals surface area contributed by atoms with E-state index in [0.717, 1.165) is 45.4 Å². The topological polar surface area (TPSA) is 41.6 Å². The van der Waals surface area contributed by atoms with Crippen LogP contribution in [0, 0.1) is 5.92 Å². The van der Waals surface area contributed by atoms with E-state index in [1.165, 1.54) is 6.42 Å². The molecule has 1 amide bonds. The molecule has 2 aliphatic heterocycles. The maximum Gasteiger partial charge on any atom is 0.226 e. The Morgan fingerprint density at radius 1 is 1.33 bits per heavy atom. The first-order valence-electron chi connectivity index (χ1n) is 7.41. The molecule has 2 heterocycles. The zero-order valence-electron chi connectivity index (χ0n) is 11.2. The fourth-order valence-corrected chi connectivity index (χ4v) is 3.79. The first-order chi connectivity index (χ1) is 8.75. The highest BCUT2D eigenvalue weighted by Gasteiger charge is 2.40. The van der Waals surface area contributed by atoms with E-state index in [0.29, 0.717) is 24.1 Å². The molecule has 0 aromatic rings. The van der Waals surface area contributed by atoms with Crippen molar-refractivity contribution in [3.8, 4) is 0 Å². The number of carbonyl (C=O) groups excluding carboxylic acids is 1. The summed E-state index contributed by atoms with van der Waals surface area (Å²) in [6.45, 7) is 4.69. The van der Waals surface area contributed by atoms with Crippen molar-refractivity contribution in [1.29, 1.82) is 0 Å². The Kier molecular flexibility index (Phi) is 3.57. The number of piperidine rings is 1. The third kappa shape index (κ3) is 2.28. The Morgan fingerprint density at radius 2 is 2.22 bits per heavy atom. The summed E-state index contributed by atoms with van der Waals surface area (Å²) in [5.74, 6) is 0.629. The van der Waals surface area contributed by atoms with Crippen LogP contribution in [-0.2, 0) is 9.53 Å². The fourth-order valence-electron chi connectivity index (χ4n) is 3.79. The third-order valence-electron chi connectivity index (χ3n) is 4.74. The highest BCUT2D eigenvalue weighted by atomic mass is 16.5. The SMILES string of the molecule is C[C@H]1C[C@@H](C(=O)N2CCOC3CCCC32)CCN1. The van der Waals surface area contributed by atoms with Gasteiger partial charge in [-0.2, -0.15) is 0 Å². The van der Waals surface area contributed by atoms with Crippen LogP contribution >= 0.6 is 0 Å². The Labute approximate surface area is 109 Å². The minimum atomic E-state index is 0.237. The number of hydrogen-bond acceptors (Lipinski definition) is 3. The molecule has 0 aromatic heterocycles. The van der Waals surface area contributed by atoms with Gasteiger partial charge in [-0.25, -0.2) is 0 Å². The van der Waals surface area contributed by atoms with Crippen LogP contribution in [0.15, 0.2) is 0 Å². The van der Waals surface area contributed by atoms with E-state index in [1.807, 2.05) is 0 Å². The van der Waals surface area contributed by atoms with Crippen LogP contribution < -0.4 is 5.32 Å². The van der Waals surface area contributed by atoms with Crippen molar-refractivity contribution < 1.29 is 9.53 Å². The summed E-state index contributed by atoms with van der Waals surface area (Å²) in [6, 6.07) is 0.851. The van der Waals surface area contributed by atoms with E-state index in [2.05, 4.69) is 17.1 Å². The van der Waals surface area contributed by atoms with Gasteiger partial charge in [0.1, 0.15) is 0 Å². The average Bonchev–Trinajstić information content (AvgIpc) is 2.86. The number of fused-ring (bicyclic) bond motifs is 1. The number of morpholine rings is 1. The lowest BCUT2D eigenvalue weighted by atomic mass is 9.91. The predicted molar refractivity (Wildman–Crippen MR) is 69.3 cm³/mol. The first-order valence-corrected chi connectivity index (χ1v) is 7.41. The zero-order chi connectivity index (χ0) is 12.5. The van der Waals surface area contributed by atoms with E-state index < -0.39 is 0 Å². The third-order valence-corrected chi connectivity index (χ3v) is 4.74. The molecule has 0 spiro atoms. The second-order valence-electron chi connectivity index (χ2n) is 6.02. The van der Waals surface area contributed by atoms with Crippen molar-refractivity contribution in [2.45, 2.75) is 57.2 Å². The largest absolute Gasteiger partial charge is 0.374 e. The van der Waals surface area contributed by atoms with E-state index in [-0.39, 0.29) is 5.92 Å². The summed E-state index contributed by atoms with van der Waals surface area (Å²) in [7, 11) is 0. The Bertz CT molecular complexity index is 321. The molecule has 1 saturated carbocycles. The molecule has 18 heavy (non-hydrogen) atoms. The Morgan fingerprint density at radius 3 is 3.06 bits per heavy atom. The van der Waals surface area contributed by atoms with E-state index in [1.54, 1.807) is 0 Å². The van der Waals surface area contributed by atoms with Gasteiger partial charge in [0.15, 0.2) is 0 Å². The van der Waals surface area contributed by atoms with Gasteiger partial charge < -0.3 is 15.0 Å². The summed E-state index contributed by atoms with van der Waals surface area (Å²) in [5, 5.41) is 3.42. The van der Waals surface area contributed by atoms with Crippen molar-refractivity contribution in [3.05, 3.63) is 0 Å². The molecule has 3 rings (SSSR count). The number of hydrogen-bond donors (Lipinski definition) is 1. The van der Waals surface area contributed by atoms with Gasteiger partial charge in [0.05, 0.1) is 18.8 Å². The number of carbonyl (C=O) groups is 1. The second kappa shape index (κ2) is 5.17. The van der Waals surface area contributed by atoms with Gasteiger partial charge in [-0.15, -0.1) is 0 Å². The second-order valence-corrected chi connectivity index (χ2v) is 6.02. The summed E-state index contributed by atoms with van der Waals surface area (Å²) in [4.78, 5) is 14.8. The van der Waals surface area contributed by atoms with Crippen LogP contribution in [0.1, 0.15) is 39.0 Å². The maximum absolute atomic E-state index is 12.7. The molecule has 2 unspecified atom stereocenters. The van der Waals surface area contributed by atoms with Crippen LogP contribution in [0.4, 0.5) is 0 Å². The van der Waals surface area contributed by atoms with Crippen LogP contribution in [-0.4, -0.2) is 48.7 Å². The lowest BCUT2D eigenvalue weighted by Crippen LogP contribution is -2.54. The monoisotopic (exact) mass is 252 g/mol. The zero-order valence-corrected chi connectivity index (χ0v) is 11.2. The van der Waals surface area contributed by atoms with Crippen LogP contribution in [0.25, 0.3) is 0 Å². The van der Waals surface area contributed by atoms with Crippen molar-refractivity contribution in [2.75, 3.05) is 19.7 Å². The molecule has 4 nitrogen and oxygen atoms in total. The van der Waals surface area contributed by atoms with Gasteiger partial charge in [0.25, 0.3) is 0 Å². The molecule has 4 atom stereocenters. The maximum atomic E-state index is 12.7. The number of ether oxygens (including phenoxy) is 1. The Hall–Kier alpha value is -0.610. The molecule has 0 bridgehead atoms. The van der Waals surface area contributed by atoms with E-state index in [4.69, 9.17) is 4.74 Å². The molecule has 4 heteroatoms. The van der Waals surface area contributed by atoms with Gasteiger partial charge in [-0.3, -0.25) is 4.79 Å². The lowest BCUT2D eigenvalue weighted by molar-refractivity contribution is -0.149. The summed E-state index contributed by atoms with van der Waals surface area (Å²) >= 11 is 0. The molecule has 2 saturated heterocycles. The van der Waals surface area contributed by atoms with Crippen molar-refractivity contribution in [3.63, 3.8) is 0 Å². The van der Waals surface area contributed by atoms with Gasteiger partial charge in [0.2, 0.25) is 5.91 Å². The smallest absolute Gasteiger partial charge is 0.226 e. The van der Waals surface area contributed by atoms with Crippen molar-refractivity contribution in [1.82, 2.24) is 10.2 Å². The molecule has 1 N–H and O–H groups in total. The Balaban J connectivity index is 1.67. The molecule has 0 aromatic carbocycles. The highest BCUT2D eigenvalue weighted by Crippen LogP contribution is 2.31. The molecule has 1 aliphatic carbocycles. The number of nitrogens with zero attached hydrogens (tertiary/aromatic N) is 1. The van der Waals surface area contributed by atoms with Crippen molar-refractivity contribution in [2.24, 2.45) is 5.92 Å². The fraction of sp³-hybridized carbons (Fsp3) is 0.929. The molecule has 3 aliphatic rings.